The summed E-state index contributed by atoms with van der Waals surface area (Å²) in [7, 11) is 0. The SMILES string of the molecule is CC(C)CC(=O)NC(C(=O)NC1CCN(C2CCCCCC2)C1)C(C)C. The minimum absolute atomic E-state index is 0.0233. The molecule has 2 atom stereocenters. The first-order valence-electron chi connectivity index (χ1n) is 10.7. The van der Waals surface area contributed by atoms with Crippen molar-refractivity contribution in [2.75, 3.05) is 13.1 Å². The zero-order valence-electron chi connectivity index (χ0n) is 17.2. The fourth-order valence-corrected chi connectivity index (χ4v) is 4.29. The van der Waals surface area contributed by atoms with Crippen LogP contribution in [0.4, 0.5) is 0 Å². The summed E-state index contributed by atoms with van der Waals surface area (Å²) in [6, 6.07) is 0.480. The van der Waals surface area contributed by atoms with E-state index in [1.165, 1.54) is 38.5 Å². The van der Waals surface area contributed by atoms with Crippen LogP contribution in [-0.4, -0.2) is 47.9 Å². The van der Waals surface area contributed by atoms with Gasteiger partial charge in [-0.05, 0) is 31.1 Å². The molecule has 1 aliphatic carbocycles. The van der Waals surface area contributed by atoms with Gasteiger partial charge in [0, 0.05) is 31.6 Å². The van der Waals surface area contributed by atoms with Crippen LogP contribution in [0.15, 0.2) is 0 Å². The van der Waals surface area contributed by atoms with Crippen LogP contribution in [0.5, 0.6) is 0 Å². The van der Waals surface area contributed by atoms with Crippen molar-refractivity contribution in [3.05, 3.63) is 0 Å². The van der Waals surface area contributed by atoms with Crippen LogP contribution in [0.3, 0.4) is 0 Å². The van der Waals surface area contributed by atoms with E-state index in [4.69, 9.17) is 0 Å². The van der Waals surface area contributed by atoms with Crippen molar-refractivity contribution < 1.29 is 9.59 Å². The Bertz CT molecular complexity index is 456. The summed E-state index contributed by atoms with van der Waals surface area (Å²) in [6.45, 7) is 10.1. The fraction of sp³-hybridized carbons (Fsp3) is 0.905. The third-order valence-electron chi connectivity index (χ3n) is 5.77. The van der Waals surface area contributed by atoms with E-state index in [2.05, 4.69) is 15.5 Å². The van der Waals surface area contributed by atoms with Gasteiger partial charge in [0.15, 0.2) is 0 Å². The Kier molecular flexibility index (Phi) is 8.39. The molecule has 150 valence electrons. The molecule has 0 radical (unpaired) electrons. The summed E-state index contributed by atoms with van der Waals surface area (Å²) in [6.07, 6.45) is 9.53. The van der Waals surface area contributed by atoms with Gasteiger partial charge in [-0.15, -0.1) is 0 Å². The van der Waals surface area contributed by atoms with E-state index in [0.717, 1.165) is 19.5 Å². The molecule has 1 aliphatic heterocycles. The lowest BCUT2D eigenvalue weighted by atomic mass is 10.0. The largest absolute Gasteiger partial charge is 0.350 e. The van der Waals surface area contributed by atoms with Crippen molar-refractivity contribution in [2.24, 2.45) is 11.8 Å². The molecule has 1 heterocycles. The molecule has 2 rings (SSSR count). The van der Waals surface area contributed by atoms with E-state index in [1.807, 2.05) is 27.7 Å². The van der Waals surface area contributed by atoms with Crippen LogP contribution in [-0.2, 0) is 9.59 Å². The smallest absolute Gasteiger partial charge is 0.243 e. The van der Waals surface area contributed by atoms with Gasteiger partial charge in [0.25, 0.3) is 0 Å². The predicted octanol–water partition coefficient (Wildman–Crippen LogP) is 3.09. The zero-order chi connectivity index (χ0) is 19.1. The summed E-state index contributed by atoms with van der Waals surface area (Å²) in [5, 5.41) is 6.15. The predicted molar refractivity (Wildman–Crippen MR) is 106 cm³/mol. The Hall–Kier alpha value is -1.10. The van der Waals surface area contributed by atoms with Gasteiger partial charge >= 0.3 is 0 Å². The molecule has 26 heavy (non-hydrogen) atoms. The van der Waals surface area contributed by atoms with Crippen molar-refractivity contribution in [1.82, 2.24) is 15.5 Å². The average Bonchev–Trinajstić information content (AvgIpc) is 2.84. The Balaban J connectivity index is 1.83. The van der Waals surface area contributed by atoms with Gasteiger partial charge in [-0.25, -0.2) is 0 Å². The highest BCUT2D eigenvalue weighted by Gasteiger charge is 2.32. The molecule has 2 aliphatic rings. The molecule has 0 spiro atoms. The molecule has 1 saturated heterocycles. The molecule has 0 bridgehead atoms. The van der Waals surface area contributed by atoms with E-state index in [-0.39, 0.29) is 23.8 Å². The van der Waals surface area contributed by atoms with Gasteiger partial charge < -0.3 is 10.6 Å². The van der Waals surface area contributed by atoms with E-state index >= 15 is 0 Å². The molecule has 2 amide bonds. The highest BCUT2D eigenvalue weighted by molar-refractivity contribution is 5.88. The van der Waals surface area contributed by atoms with E-state index in [9.17, 15) is 9.59 Å². The number of nitrogens with zero attached hydrogens (tertiary/aromatic N) is 1. The van der Waals surface area contributed by atoms with Crippen LogP contribution in [0.2, 0.25) is 0 Å². The average molecular weight is 366 g/mol. The van der Waals surface area contributed by atoms with Crippen LogP contribution in [0.25, 0.3) is 0 Å². The summed E-state index contributed by atoms with van der Waals surface area (Å²) in [5.41, 5.74) is 0. The quantitative estimate of drug-likeness (QED) is 0.682. The Morgan fingerprint density at radius 3 is 2.23 bits per heavy atom. The minimum atomic E-state index is -0.437. The zero-order valence-corrected chi connectivity index (χ0v) is 17.2. The highest BCUT2D eigenvalue weighted by atomic mass is 16.2. The van der Waals surface area contributed by atoms with Gasteiger partial charge in [0.1, 0.15) is 6.04 Å². The van der Waals surface area contributed by atoms with Gasteiger partial charge in [-0.1, -0.05) is 53.4 Å². The lowest BCUT2D eigenvalue weighted by molar-refractivity contribution is -0.130. The second kappa shape index (κ2) is 10.3. The number of hydrogen-bond acceptors (Lipinski definition) is 3. The van der Waals surface area contributed by atoms with Crippen LogP contribution >= 0.6 is 0 Å². The molecule has 2 unspecified atom stereocenters. The molecule has 0 aromatic heterocycles. The van der Waals surface area contributed by atoms with Crippen LogP contribution in [0, 0.1) is 11.8 Å². The summed E-state index contributed by atoms with van der Waals surface area (Å²) >= 11 is 0. The standard InChI is InChI=1S/C21H39N3O2/c1-15(2)13-19(25)23-20(16(3)4)21(26)22-17-11-12-24(14-17)18-9-7-5-6-8-10-18/h15-18,20H,5-14H2,1-4H3,(H,22,26)(H,23,25). The maximum atomic E-state index is 12.8. The van der Waals surface area contributed by atoms with Gasteiger partial charge in [0.05, 0.1) is 0 Å². The van der Waals surface area contributed by atoms with Gasteiger partial charge in [-0.3, -0.25) is 14.5 Å². The van der Waals surface area contributed by atoms with Crippen molar-refractivity contribution in [3.63, 3.8) is 0 Å². The summed E-state index contributed by atoms with van der Waals surface area (Å²) in [4.78, 5) is 27.4. The van der Waals surface area contributed by atoms with E-state index in [0.29, 0.717) is 18.4 Å². The first kappa shape index (κ1) is 21.2. The summed E-state index contributed by atoms with van der Waals surface area (Å²) < 4.78 is 0. The number of nitrogens with one attached hydrogen (secondary N) is 2. The molecule has 2 fully saturated rings. The molecule has 1 saturated carbocycles. The Morgan fingerprint density at radius 1 is 1.00 bits per heavy atom. The highest BCUT2D eigenvalue weighted by Crippen LogP contribution is 2.25. The van der Waals surface area contributed by atoms with E-state index < -0.39 is 6.04 Å². The van der Waals surface area contributed by atoms with E-state index in [1.54, 1.807) is 0 Å². The fourth-order valence-electron chi connectivity index (χ4n) is 4.29. The first-order valence-corrected chi connectivity index (χ1v) is 10.7. The minimum Gasteiger partial charge on any atom is -0.350 e. The summed E-state index contributed by atoms with van der Waals surface area (Å²) in [5.74, 6) is 0.337. The normalized spacial score (nSPS) is 23.8. The van der Waals surface area contributed by atoms with Crippen molar-refractivity contribution in [1.29, 1.82) is 0 Å². The molecular formula is C21H39N3O2. The number of carbonyl (C=O) groups is 2. The monoisotopic (exact) mass is 365 g/mol. The molecule has 0 aromatic carbocycles. The molecular weight excluding hydrogens is 326 g/mol. The Labute approximate surface area is 159 Å². The second-order valence-corrected chi connectivity index (χ2v) is 9.02. The van der Waals surface area contributed by atoms with Crippen LogP contribution in [0.1, 0.15) is 79.1 Å². The topological polar surface area (TPSA) is 61.4 Å². The number of rotatable bonds is 7. The Morgan fingerprint density at radius 2 is 1.65 bits per heavy atom. The lowest BCUT2D eigenvalue weighted by Gasteiger charge is -2.27. The van der Waals surface area contributed by atoms with Crippen LogP contribution < -0.4 is 10.6 Å². The number of likely N-dealkylation sites (tertiary alicyclic amines) is 1. The van der Waals surface area contributed by atoms with Gasteiger partial charge in [-0.2, -0.15) is 0 Å². The molecule has 0 aromatic rings. The van der Waals surface area contributed by atoms with Crippen molar-refractivity contribution in [2.45, 2.75) is 97.2 Å². The molecule has 5 nitrogen and oxygen atoms in total. The number of amides is 2. The third kappa shape index (κ3) is 6.57. The maximum absolute atomic E-state index is 12.8. The number of carbonyl (C=O) groups excluding carboxylic acids is 2. The third-order valence-corrected chi connectivity index (χ3v) is 5.77. The lowest BCUT2D eigenvalue weighted by Crippen LogP contribution is -2.52. The molecule has 5 heteroatoms. The van der Waals surface area contributed by atoms with Gasteiger partial charge in [0.2, 0.25) is 11.8 Å². The first-order chi connectivity index (χ1) is 12.4. The van der Waals surface area contributed by atoms with Crippen molar-refractivity contribution in [3.8, 4) is 0 Å². The molecule has 2 N–H and O–H groups in total. The second-order valence-electron chi connectivity index (χ2n) is 9.02. The maximum Gasteiger partial charge on any atom is 0.243 e. The number of hydrogen-bond donors (Lipinski definition) is 2. The van der Waals surface area contributed by atoms with Crippen molar-refractivity contribution >= 4 is 11.8 Å².